The average Bonchev–Trinajstić information content (AvgIpc) is 3.29. The van der Waals surface area contributed by atoms with Gasteiger partial charge in [-0.15, -0.1) is 0 Å². The van der Waals surface area contributed by atoms with Gasteiger partial charge in [-0.2, -0.15) is 0 Å². The van der Waals surface area contributed by atoms with Crippen molar-refractivity contribution in [2.45, 2.75) is 51.7 Å². The van der Waals surface area contributed by atoms with Crippen LogP contribution < -0.4 is 0 Å². The molecule has 0 bridgehead atoms. The van der Waals surface area contributed by atoms with Crippen LogP contribution in [0.3, 0.4) is 0 Å². The van der Waals surface area contributed by atoms with Gasteiger partial charge in [0.2, 0.25) is 0 Å². The Hall–Kier alpha value is -1.66. The van der Waals surface area contributed by atoms with Gasteiger partial charge < -0.3 is 18.9 Å². The maximum Gasteiger partial charge on any atom is 0.344 e. The molecule has 1 saturated heterocycles. The average molecular weight is 352 g/mol. The van der Waals surface area contributed by atoms with Gasteiger partial charge in [-0.25, -0.2) is 9.59 Å². The quantitative estimate of drug-likeness (QED) is 0.175. The van der Waals surface area contributed by atoms with E-state index in [-0.39, 0.29) is 11.0 Å². The lowest BCUT2D eigenvalue weighted by atomic mass is 9.95. The van der Waals surface area contributed by atoms with Crippen LogP contribution in [-0.2, 0) is 28.5 Å². The Morgan fingerprint density at radius 3 is 2.16 bits per heavy atom. The molecule has 0 aromatic carbocycles. The standard InChI is InChI=1S/C19H28O6/c1-18(2)12-24-19(25-13-18)11-14(19)9-7-5-6-8-10-15(16(20)22-3)17(21)23-4/h9-10H,5-8,11-13H2,1-4H3/b14-9-. The monoisotopic (exact) mass is 352 g/mol. The molecule has 1 heterocycles. The maximum absolute atomic E-state index is 11.5. The second kappa shape index (κ2) is 8.15. The number of ether oxygens (including phenoxy) is 4. The van der Waals surface area contributed by atoms with Crippen molar-refractivity contribution in [3.05, 3.63) is 23.3 Å². The summed E-state index contributed by atoms with van der Waals surface area (Å²) in [7, 11) is 2.49. The van der Waals surface area contributed by atoms with Crippen LogP contribution in [0.15, 0.2) is 23.3 Å². The zero-order valence-electron chi connectivity index (χ0n) is 15.6. The number of hydrogen-bond donors (Lipinski definition) is 0. The van der Waals surface area contributed by atoms with Crippen molar-refractivity contribution in [3.8, 4) is 0 Å². The summed E-state index contributed by atoms with van der Waals surface area (Å²) in [5, 5.41) is 0. The van der Waals surface area contributed by atoms with Gasteiger partial charge in [-0.05, 0) is 31.3 Å². The molecule has 1 spiro atoms. The highest BCUT2D eigenvalue weighted by Crippen LogP contribution is 2.51. The van der Waals surface area contributed by atoms with Gasteiger partial charge in [0.05, 0.1) is 27.4 Å². The fourth-order valence-electron chi connectivity index (χ4n) is 2.71. The summed E-state index contributed by atoms with van der Waals surface area (Å²) in [5.74, 6) is -1.77. The largest absolute Gasteiger partial charge is 0.465 e. The summed E-state index contributed by atoms with van der Waals surface area (Å²) >= 11 is 0. The molecule has 1 aliphatic carbocycles. The SMILES string of the molecule is COC(=O)C(=CCCCC/C=C1/CC12OCC(C)(C)CO2)C(=O)OC. The van der Waals surface area contributed by atoms with Crippen molar-refractivity contribution in [3.63, 3.8) is 0 Å². The Morgan fingerprint density at radius 1 is 1.04 bits per heavy atom. The Kier molecular flexibility index (Phi) is 6.41. The number of rotatable bonds is 7. The lowest BCUT2D eigenvalue weighted by Gasteiger charge is -2.34. The minimum absolute atomic E-state index is 0.0453. The number of unbranched alkanes of at least 4 members (excludes halogenated alkanes) is 3. The summed E-state index contributed by atoms with van der Waals surface area (Å²) in [5.41, 5.74) is 1.27. The minimum Gasteiger partial charge on any atom is -0.465 e. The molecule has 0 aromatic heterocycles. The van der Waals surface area contributed by atoms with E-state index in [1.807, 2.05) is 0 Å². The molecular weight excluding hydrogens is 324 g/mol. The normalized spacial score (nSPS) is 21.7. The summed E-state index contributed by atoms with van der Waals surface area (Å²) in [6, 6.07) is 0. The number of esters is 2. The lowest BCUT2D eigenvalue weighted by molar-refractivity contribution is -0.233. The van der Waals surface area contributed by atoms with Crippen molar-refractivity contribution in [1.29, 1.82) is 0 Å². The molecule has 1 aliphatic heterocycles. The third-order valence-electron chi connectivity index (χ3n) is 4.39. The molecule has 0 atom stereocenters. The Labute approximate surface area is 149 Å². The van der Waals surface area contributed by atoms with E-state index in [1.54, 1.807) is 6.08 Å². The van der Waals surface area contributed by atoms with Gasteiger partial charge >= 0.3 is 11.9 Å². The van der Waals surface area contributed by atoms with Crippen LogP contribution in [0, 0.1) is 5.41 Å². The number of methoxy groups -OCH3 is 2. The highest BCUT2D eigenvalue weighted by atomic mass is 16.7. The molecule has 2 rings (SSSR count). The van der Waals surface area contributed by atoms with E-state index in [0.29, 0.717) is 6.42 Å². The molecule has 6 nitrogen and oxygen atoms in total. The van der Waals surface area contributed by atoms with E-state index in [9.17, 15) is 9.59 Å². The topological polar surface area (TPSA) is 71.1 Å². The predicted molar refractivity (Wildman–Crippen MR) is 91.7 cm³/mol. The van der Waals surface area contributed by atoms with Crippen LogP contribution in [0.2, 0.25) is 0 Å². The molecule has 6 heteroatoms. The number of allylic oxidation sites excluding steroid dienone is 2. The smallest absolute Gasteiger partial charge is 0.344 e. The fraction of sp³-hybridized carbons (Fsp3) is 0.684. The zero-order valence-corrected chi connectivity index (χ0v) is 15.6. The summed E-state index contributed by atoms with van der Waals surface area (Å²) in [4.78, 5) is 23.0. The molecule has 140 valence electrons. The van der Waals surface area contributed by atoms with Gasteiger partial charge in [0.25, 0.3) is 0 Å². The fourth-order valence-corrected chi connectivity index (χ4v) is 2.71. The van der Waals surface area contributed by atoms with Gasteiger partial charge in [0, 0.05) is 11.8 Å². The highest BCUT2D eigenvalue weighted by molar-refractivity contribution is 6.13. The molecular formula is C19H28O6. The lowest BCUT2D eigenvalue weighted by Crippen LogP contribution is -2.39. The maximum atomic E-state index is 11.5. The van der Waals surface area contributed by atoms with Crippen molar-refractivity contribution < 1.29 is 28.5 Å². The molecule has 0 unspecified atom stereocenters. The Morgan fingerprint density at radius 2 is 1.60 bits per heavy atom. The molecule has 25 heavy (non-hydrogen) atoms. The third kappa shape index (κ3) is 5.16. The molecule has 0 amide bonds. The first kappa shape index (κ1) is 19.7. The van der Waals surface area contributed by atoms with E-state index in [1.165, 1.54) is 19.8 Å². The van der Waals surface area contributed by atoms with Crippen LogP contribution >= 0.6 is 0 Å². The molecule has 1 saturated carbocycles. The first-order valence-corrected chi connectivity index (χ1v) is 8.68. The highest BCUT2D eigenvalue weighted by Gasteiger charge is 2.55. The van der Waals surface area contributed by atoms with Crippen LogP contribution in [0.5, 0.6) is 0 Å². The van der Waals surface area contributed by atoms with E-state index in [2.05, 4.69) is 29.4 Å². The first-order valence-electron chi connectivity index (χ1n) is 8.68. The van der Waals surface area contributed by atoms with Crippen molar-refractivity contribution >= 4 is 11.9 Å². The van der Waals surface area contributed by atoms with E-state index in [0.717, 1.165) is 38.9 Å². The molecule has 0 aromatic rings. The molecule has 0 N–H and O–H groups in total. The minimum atomic E-state index is -0.664. The summed E-state index contributed by atoms with van der Waals surface area (Å²) < 4.78 is 20.9. The van der Waals surface area contributed by atoms with E-state index in [4.69, 9.17) is 9.47 Å². The van der Waals surface area contributed by atoms with E-state index < -0.39 is 17.7 Å². The van der Waals surface area contributed by atoms with Crippen LogP contribution in [-0.4, -0.2) is 45.2 Å². The number of carbonyl (C=O) groups is 2. The molecule has 0 radical (unpaired) electrons. The van der Waals surface area contributed by atoms with Crippen molar-refractivity contribution in [2.24, 2.45) is 5.41 Å². The third-order valence-corrected chi connectivity index (χ3v) is 4.39. The van der Waals surface area contributed by atoms with Crippen molar-refractivity contribution in [1.82, 2.24) is 0 Å². The number of hydrogen-bond acceptors (Lipinski definition) is 6. The van der Waals surface area contributed by atoms with Crippen LogP contribution in [0.4, 0.5) is 0 Å². The Bertz CT molecular complexity index is 544. The van der Waals surface area contributed by atoms with Gasteiger partial charge in [0.1, 0.15) is 5.57 Å². The zero-order chi connectivity index (χ0) is 18.5. The molecule has 2 fully saturated rings. The second-order valence-electron chi connectivity index (χ2n) is 7.29. The summed E-state index contributed by atoms with van der Waals surface area (Å²) in [6.45, 7) is 5.71. The number of carbonyl (C=O) groups excluding carboxylic acids is 2. The van der Waals surface area contributed by atoms with Crippen molar-refractivity contribution in [2.75, 3.05) is 27.4 Å². The van der Waals surface area contributed by atoms with Gasteiger partial charge in [-0.3, -0.25) is 0 Å². The summed E-state index contributed by atoms with van der Waals surface area (Å²) in [6.07, 6.45) is 7.99. The first-order chi connectivity index (χ1) is 11.8. The van der Waals surface area contributed by atoms with Crippen LogP contribution in [0.1, 0.15) is 46.0 Å². The van der Waals surface area contributed by atoms with Crippen LogP contribution in [0.25, 0.3) is 0 Å². The van der Waals surface area contributed by atoms with Gasteiger partial charge in [-0.1, -0.05) is 26.0 Å². The van der Waals surface area contributed by atoms with E-state index >= 15 is 0 Å². The Balaban J connectivity index is 1.71. The van der Waals surface area contributed by atoms with Gasteiger partial charge in [0.15, 0.2) is 5.79 Å². The second-order valence-corrected chi connectivity index (χ2v) is 7.29. The predicted octanol–water partition coefficient (Wildman–Crippen LogP) is 2.92. The molecule has 2 aliphatic rings.